The Morgan fingerprint density at radius 3 is 2.09 bits per heavy atom. The summed E-state index contributed by atoms with van der Waals surface area (Å²) in [6, 6.07) is 6.95. The Morgan fingerprint density at radius 1 is 1.27 bits per heavy atom. The van der Waals surface area contributed by atoms with E-state index in [1.165, 1.54) is 16.8 Å². The molecule has 0 amide bonds. The molecule has 1 aliphatic rings. The van der Waals surface area contributed by atoms with Crippen molar-refractivity contribution < 1.29 is 30.3 Å². The van der Waals surface area contributed by atoms with E-state index < -0.39 is 22.7 Å². The number of nitrogens with zero attached hydrogens (tertiary/aromatic N) is 2. The molecular weight excluding hydrogens is 325 g/mol. The van der Waals surface area contributed by atoms with Crippen LogP contribution in [0.1, 0.15) is 6.92 Å². The van der Waals surface area contributed by atoms with Gasteiger partial charge < -0.3 is 9.80 Å². The van der Waals surface area contributed by atoms with E-state index in [0.717, 1.165) is 7.11 Å². The summed E-state index contributed by atoms with van der Waals surface area (Å²) in [5.74, 6) is 0. The van der Waals surface area contributed by atoms with Crippen molar-refractivity contribution in [2.24, 2.45) is 0 Å². The zero-order valence-electron chi connectivity index (χ0n) is 12.2. The average molecular weight is 342 g/mol. The van der Waals surface area contributed by atoms with E-state index >= 15 is 0 Å². The molecule has 2 rings (SSSR count). The number of alkyl halides is 3. The van der Waals surface area contributed by atoms with Crippen LogP contribution < -0.4 is 9.80 Å². The molecule has 1 aliphatic heterocycles. The second-order valence-electron chi connectivity index (χ2n) is 4.40. The largest absolute Gasteiger partial charge is 0.427 e. The number of halogens is 3. The molecule has 0 aliphatic carbocycles. The molecule has 22 heavy (non-hydrogen) atoms. The van der Waals surface area contributed by atoms with Crippen LogP contribution in [0, 0.1) is 0 Å². The minimum atomic E-state index is -4.25. The number of anilines is 2. The van der Waals surface area contributed by atoms with Gasteiger partial charge in [-0.2, -0.15) is 21.6 Å². The molecule has 0 bridgehead atoms. The lowest BCUT2D eigenvalue weighted by Crippen LogP contribution is -2.51. The molecule has 0 radical (unpaired) electrons. The fourth-order valence-corrected chi connectivity index (χ4v) is 2.22. The number of fused-ring (bicyclic) bond motifs is 1. The highest BCUT2D eigenvalue weighted by Crippen LogP contribution is 2.43. The topological polar surface area (TPSA) is 70.1 Å². The van der Waals surface area contributed by atoms with Crippen LogP contribution in [0.5, 0.6) is 0 Å². The molecule has 1 unspecified atom stereocenters. The number of hydrogen-bond donors (Lipinski definition) is 1. The smallest absolute Gasteiger partial charge is 0.345 e. The van der Waals surface area contributed by atoms with Gasteiger partial charge in [0.2, 0.25) is 6.17 Å². The summed E-state index contributed by atoms with van der Waals surface area (Å²) in [5.41, 5.74) is 1.28. The van der Waals surface area contributed by atoms with Gasteiger partial charge in [-0.25, -0.2) is 0 Å². The monoisotopic (exact) mass is 342 g/mol. The predicted molar refractivity (Wildman–Crippen MR) is 76.3 cm³/mol. The van der Waals surface area contributed by atoms with Crippen LogP contribution in [0.3, 0.4) is 0 Å². The van der Waals surface area contributed by atoms with Crippen LogP contribution >= 0.6 is 0 Å². The van der Waals surface area contributed by atoms with Crippen molar-refractivity contribution in [1.82, 2.24) is 0 Å². The SMILES string of the molecule is CCN1c2ccccc2N(C)C1C(F)(F)F.COS(=O)(=O)O. The predicted octanol–water partition coefficient (Wildman–Crippen LogP) is 2.29. The second kappa shape index (κ2) is 6.71. The molecule has 6 nitrogen and oxygen atoms in total. The zero-order valence-corrected chi connectivity index (χ0v) is 13.0. The molecule has 126 valence electrons. The van der Waals surface area contributed by atoms with Crippen molar-refractivity contribution in [2.45, 2.75) is 19.3 Å². The number of para-hydroxylation sites is 2. The quantitative estimate of drug-likeness (QED) is 0.832. The third-order valence-corrected chi connectivity index (χ3v) is 3.50. The Balaban J connectivity index is 0.000000346. The highest BCUT2D eigenvalue weighted by Gasteiger charge is 2.50. The van der Waals surface area contributed by atoms with Crippen molar-refractivity contribution in [3.8, 4) is 0 Å². The van der Waals surface area contributed by atoms with E-state index in [2.05, 4.69) is 4.18 Å². The van der Waals surface area contributed by atoms with E-state index in [1.807, 2.05) is 0 Å². The Kier molecular flexibility index (Phi) is 5.65. The van der Waals surface area contributed by atoms with E-state index in [0.29, 0.717) is 17.9 Å². The fourth-order valence-electron chi connectivity index (χ4n) is 2.22. The lowest BCUT2D eigenvalue weighted by atomic mass is 10.2. The third kappa shape index (κ3) is 4.24. The van der Waals surface area contributed by atoms with Gasteiger partial charge in [0.25, 0.3) is 0 Å². The first-order valence-corrected chi connectivity index (χ1v) is 7.57. The van der Waals surface area contributed by atoms with Crippen LogP contribution in [0.4, 0.5) is 24.5 Å². The first kappa shape index (κ1) is 18.5. The zero-order chi connectivity index (χ0) is 17.1. The minimum Gasteiger partial charge on any atom is -0.345 e. The van der Waals surface area contributed by atoms with Crippen molar-refractivity contribution >= 4 is 21.8 Å². The summed E-state index contributed by atoms with van der Waals surface area (Å²) in [5, 5.41) is 0. The van der Waals surface area contributed by atoms with Gasteiger partial charge in [-0.1, -0.05) is 12.1 Å². The van der Waals surface area contributed by atoms with Gasteiger partial charge in [0.1, 0.15) is 0 Å². The van der Waals surface area contributed by atoms with Crippen molar-refractivity contribution in [1.29, 1.82) is 0 Å². The molecule has 10 heteroatoms. The number of hydrogen-bond acceptors (Lipinski definition) is 5. The lowest BCUT2D eigenvalue weighted by Gasteiger charge is -2.31. The lowest BCUT2D eigenvalue weighted by molar-refractivity contribution is -0.146. The summed E-state index contributed by atoms with van der Waals surface area (Å²) < 4.78 is 68.5. The Morgan fingerprint density at radius 2 is 1.73 bits per heavy atom. The normalized spacial score (nSPS) is 17.9. The van der Waals surface area contributed by atoms with Gasteiger partial charge in [-0.15, -0.1) is 0 Å². The Labute approximate surface area is 127 Å². The summed E-state index contributed by atoms with van der Waals surface area (Å²) in [6.45, 7) is 2.07. The summed E-state index contributed by atoms with van der Waals surface area (Å²) >= 11 is 0. The van der Waals surface area contributed by atoms with Crippen molar-refractivity contribution in [2.75, 3.05) is 30.5 Å². The van der Waals surface area contributed by atoms with Crippen molar-refractivity contribution in [3.63, 3.8) is 0 Å². The van der Waals surface area contributed by atoms with Gasteiger partial charge in [0.05, 0.1) is 18.5 Å². The maximum Gasteiger partial charge on any atom is 0.427 e. The van der Waals surface area contributed by atoms with Crippen LogP contribution in [-0.4, -0.2) is 46.0 Å². The summed E-state index contributed by atoms with van der Waals surface area (Å²) in [7, 11) is -1.81. The molecule has 1 aromatic carbocycles. The Hall–Kier alpha value is -1.52. The molecule has 1 N–H and O–H groups in total. The maximum atomic E-state index is 12.9. The molecule has 0 fully saturated rings. The highest BCUT2D eigenvalue weighted by molar-refractivity contribution is 7.80. The van der Waals surface area contributed by atoms with E-state index in [-0.39, 0.29) is 0 Å². The van der Waals surface area contributed by atoms with E-state index in [4.69, 9.17) is 4.55 Å². The molecule has 0 aromatic heterocycles. The first-order chi connectivity index (χ1) is 10.0. The standard InChI is InChI=1S/C11H13F3N2.CH4O4S/c1-3-16-9-7-5-4-6-8(9)15(2)10(16)11(12,13)14;1-5-6(2,3)4/h4-7,10H,3H2,1-2H3;1H3,(H,2,3,4). The second-order valence-corrected chi connectivity index (χ2v) is 5.58. The van der Waals surface area contributed by atoms with Crippen LogP contribution in [0.15, 0.2) is 24.3 Å². The van der Waals surface area contributed by atoms with Gasteiger partial charge in [-0.05, 0) is 19.1 Å². The fraction of sp³-hybridized carbons (Fsp3) is 0.500. The van der Waals surface area contributed by atoms with Gasteiger partial charge in [-0.3, -0.25) is 8.74 Å². The van der Waals surface area contributed by atoms with E-state index in [9.17, 15) is 21.6 Å². The van der Waals surface area contributed by atoms with Gasteiger partial charge in [0.15, 0.2) is 0 Å². The molecule has 1 aromatic rings. The number of benzene rings is 1. The molecule has 1 atom stereocenters. The molecule has 0 saturated carbocycles. The van der Waals surface area contributed by atoms with Crippen LogP contribution in [0.25, 0.3) is 0 Å². The minimum absolute atomic E-state index is 0.339. The van der Waals surface area contributed by atoms with Crippen LogP contribution in [0.2, 0.25) is 0 Å². The highest BCUT2D eigenvalue weighted by atomic mass is 32.3. The maximum absolute atomic E-state index is 12.9. The molecule has 1 heterocycles. The first-order valence-electron chi connectivity index (χ1n) is 6.21. The molecule has 0 saturated heterocycles. The summed E-state index contributed by atoms with van der Waals surface area (Å²) in [6.07, 6.45) is -5.79. The molecule has 0 spiro atoms. The van der Waals surface area contributed by atoms with Gasteiger partial charge >= 0.3 is 16.6 Å². The van der Waals surface area contributed by atoms with E-state index in [1.54, 1.807) is 31.2 Å². The Bertz CT molecular complexity index is 607. The average Bonchev–Trinajstić information content (AvgIpc) is 2.72. The molecular formula is C12H17F3N2O4S. The third-order valence-electron chi connectivity index (χ3n) is 3.08. The van der Waals surface area contributed by atoms with Gasteiger partial charge in [0, 0.05) is 13.6 Å². The summed E-state index contributed by atoms with van der Waals surface area (Å²) in [4.78, 5) is 2.65. The number of rotatable bonds is 2. The van der Waals surface area contributed by atoms with Crippen molar-refractivity contribution in [3.05, 3.63) is 24.3 Å². The van der Waals surface area contributed by atoms with Crippen LogP contribution in [-0.2, 0) is 14.6 Å².